The second-order valence-corrected chi connectivity index (χ2v) is 4.35. The zero-order chi connectivity index (χ0) is 16.8. The Kier molecular flexibility index (Phi) is 5.13. The van der Waals surface area contributed by atoms with E-state index in [0.29, 0.717) is 5.82 Å². The Morgan fingerprint density at radius 3 is 2.65 bits per heavy atom. The zero-order valence-corrected chi connectivity index (χ0v) is 11.7. The number of rotatable bonds is 6. The third-order valence-electron chi connectivity index (χ3n) is 2.76. The molecular formula is C14H11F2N3O4. The maximum atomic E-state index is 13.0. The highest BCUT2D eigenvalue weighted by molar-refractivity contribution is 5.89. The molecule has 1 N–H and O–H groups in total. The van der Waals surface area contributed by atoms with E-state index in [4.69, 9.17) is 4.74 Å². The Labute approximate surface area is 129 Å². The van der Waals surface area contributed by atoms with Gasteiger partial charge in [0.2, 0.25) is 0 Å². The molecule has 7 nitrogen and oxygen atoms in total. The highest BCUT2D eigenvalue weighted by Crippen LogP contribution is 2.12. The van der Waals surface area contributed by atoms with Gasteiger partial charge in [-0.1, -0.05) is 0 Å². The number of benzene rings is 1. The van der Waals surface area contributed by atoms with Crippen LogP contribution in [0.15, 0.2) is 36.5 Å². The van der Waals surface area contributed by atoms with Crippen LogP contribution >= 0.6 is 0 Å². The number of aromatic nitrogens is 1. The van der Waals surface area contributed by atoms with E-state index in [1.54, 1.807) is 0 Å². The molecule has 9 heteroatoms. The van der Waals surface area contributed by atoms with Gasteiger partial charge in [0.25, 0.3) is 5.69 Å². The molecule has 120 valence electrons. The lowest BCUT2D eigenvalue weighted by atomic mass is 10.2. The summed E-state index contributed by atoms with van der Waals surface area (Å²) >= 11 is 0. The Morgan fingerprint density at radius 2 is 2.04 bits per heavy atom. The van der Waals surface area contributed by atoms with Crippen LogP contribution in [0.3, 0.4) is 0 Å². The summed E-state index contributed by atoms with van der Waals surface area (Å²) in [7, 11) is 0. The molecule has 0 aliphatic rings. The summed E-state index contributed by atoms with van der Waals surface area (Å²) in [6.45, 7) is 0.150. The average molecular weight is 323 g/mol. The minimum Gasteiger partial charge on any atom is -0.460 e. The fourth-order valence-corrected chi connectivity index (χ4v) is 1.63. The second kappa shape index (κ2) is 7.25. The van der Waals surface area contributed by atoms with Gasteiger partial charge in [0.05, 0.1) is 17.0 Å². The maximum Gasteiger partial charge on any atom is 0.338 e. The topological polar surface area (TPSA) is 94.4 Å². The van der Waals surface area contributed by atoms with Crippen molar-refractivity contribution in [2.75, 3.05) is 18.5 Å². The number of halogens is 2. The van der Waals surface area contributed by atoms with Gasteiger partial charge >= 0.3 is 5.97 Å². The quantitative estimate of drug-likeness (QED) is 0.380. The summed E-state index contributed by atoms with van der Waals surface area (Å²) < 4.78 is 30.6. The van der Waals surface area contributed by atoms with Crippen LogP contribution in [0.25, 0.3) is 0 Å². The first kappa shape index (κ1) is 16.3. The first-order valence-corrected chi connectivity index (χ1v) is 6.44. The first-order valence-electron chi connectivity index (χ1n) is 6.44. The van der Waals surface area contributed by atoms with Gasteiger partial charge in [-0.2, -0.15) is 0 Å². The van der Waals surface area contributed by atoms with E-state index in [9.17, 15) is 23.7 Å². The van der Waals surface area contributed by atoms with Crippen molar-refractivity contribution in [2.24, 2.45) is 0 Å². The van der Waals surface area contributed by atoms with Crippen LogP contribution in [0.4, 0.5) is 20.3 Å². The van der Waals surface area contributed by atoms with Gasteiger partial charge in [0, 0.05) is 6.07 Å². The minimum absolute atomic E-state index is 0.0451. The van der Waals surface area contributed by atoms with Crippen LogP contribution in [0.1, 0.15) is 10.4 Å². The van der Waals surface area contributed by atoms with Gasteiger partial charge in [0.15, 0.2) is 11.6 Å². The Balaban J connectivity index is 1.79. The van der Waals surface area contributed by atoms with Gasteiger partial charge in [-0.15, -0.1) is 0 Å². The Bertz CT molecular complexity index is 722. The van der Waals surface area contributed by atoms with Gasteiger partial charge in [-0.25, -0.2) is 18.6 Å². The lowest BCUT2D eigenvalue weighted by Gasteiger charge is -2.07. The summed E-state index contributed by atoms with van der Waals surface area (Å²) in [6, 6.07) is 5.40. The van der Waals surface area contributed by atoms with Crippen molar-refractivity contribution in [1.29, 1.82) is 0 Å². The Morgan fingerprint density at radius 1 is 1.26 bits per heavy atom. The van der Waals surface area contributed by atoms with Crippen molar-refractivity contribution in [3.8, 4) is 0 Å². The summed E-state index contributed by atoms with van der Waals surface area (Å²) in [4.78, 5) is 25.3. The van der Waals surface area contributed by atoms with Crippen molar-refractivity contribution in [2.45, 2.75) is 0 Å². The number of hydrogen-bond donors (Lipinski definition) is 1. The van der Waals surface area contributed by atoms with Crippen LogP contribution in [0.2, 0.25) is 0 Å². The normalized spacial score (nSPS) is 10.2. The van der Waals surface area contributed by atoms with Crippen molar-refractivity contribution >= 4 is 17.5 Å². The molecule has 0 saturated carbocycles. The fourth-order valence-electron chi connectivity index (χ4n) is 1.63. The van der Waals surface area contributed by atoms with Crippen molar-refractivity contribution in [3.63, 3.8) is 0 Å². The molecule has 0 radical (unpaired) electrons. The molecule has 0 bridgehead atoms. The van der Waals surface area contributed by atoms with Crippen LogP contribution in [-0.4, -0.2) is 29.0 Å². The van der Waals surface area contributed by atoms with Gasteiger partial charge < -0.3 is 10.1 Å². The molecule has 0 saturated heterocycles. The molecule has 2 aromatic rings. The molecule has 0 atom stereocenters. The third-order valence-corrected chi connectivity index (χ3v) is 2.76. The highest BCUT2D eigenvalue weighted by Gasteiger charge is 2.11. The number of anilines is 1. The monoisotopic (exact) mass is 323 g/mol. The van der Waals surface area contributed by atoms with E-state index < -0.39 is 22.5 Å². The highest BCUT2D eigenvalue weighted by atomic mass is 19.2. The second-order valence-electron chi connectivity index (χ2n) is 4.35. The summed E-state index contributed by atoms with van der Waals surface area (Å²) in [5.74, 6) is -2.60. The number of carbonyl (C=O) groups is 1. The molecule has 1 aromatic carbocycles. The van der Waals surface area contributed by atoms with E-state index in [0.717, 1.165) is 24.4 Å². The third kappa shape index (κ3) is 4.43. The summed E-state index contributed by atoms with van der Waals surface area (Å²) in [5.41, 5.74) is -0.238. The smallest absolute Gasteiger partial charge is 0.338 e. The summed E-state index contributed by atoms with van der Waals surface area (Å²) in [5, 5.41) is 13.3. The largest absolute Gasteiger partial charge is 0.460 e. The predicted molar refractivity (Wildman–Crippen MR) is 76.0 cm³/mol. The van der Waals surface area contributed by atoms with Gasteiger partial charge in [0.1, 0.15) is 18.6 Å². The van der Waals surface area contributed by atoms with Gasteiger partial charge in [-0.3, -0.25) is 10.1 Å². The minimum atomic E-state index is -1.13. The van der Waals surface area contributed by atoms with Crippen molar-refractivity contribution in [3.05, 3.63) is 63.8 Å². The molecule has 0 aliphatic carbocycles. The fraction of sp³-hybridized carbons (Fsp3) is 0.143. The summed E-state index contributed by atoms with van der Waals surface area (Å²) in [6.07, 6.45) is 1.09. The molecule has 23 heavy (non-hydrogen) atoms. The van der Waals surface area contributed by atoms with E-state index in [1.165, 1.54) is 12.1 Å². The molecule has 0 fully saturated rings. The molecular weight excluding hydrogens is 312 g/mol. The first-order chi connectivity index (χ1) is 11.0. The molecule has 1 heterocycles. The standard InChI is InChI=1S/C14H11F2N3O4/c15-11-3-1-9(7-12(11)16)14(20)23-6-5-17-13-4-2-10(8-18-13)19(21)22/h1-4,7-8H,5-6H2,(H,17,18). The van der Waals surface area contributed by atoms with E-state index in [2.05, 4.69) is 10.3 Å². The van der Waals surface area contributed by atoms with E-state index in [-0.39, 0.29) is 24.4 Å². The number of nitro groups is 1. The number of esters is 1. The predicted octanol–water partition coefficient (Wildman–Crippen LogP) is 2.54. The molecule has 0 unspecified atom stereocenters. The number of carbonyl (C=O) groups excluding carboxylic acids is 1. The number of ether oxygens (including phenoxy) is 1. The average Bonchev–Trinajstić information content (AvgIpc) is 2.54. The van der Waals surface area contributed by atoms with Gasteiger partial charge in [-0.05, 0) is 24.3 Å². The van der Waals surface area contributed by atoms with Crippen molar-refractivity contribution < 1.29 is 23.2 Å². The zero-order valence-electron chi connectivity index (χ0n) is 11.7. The lowest BCUT2D eigenvalue weighted by Crippen LogP contribution is -2.14. The molecule has 2 rings (SSSR count). The van der Waals surface area contributed by atoms with Crippen LogP contribution in [-0.2, 0) is 4.74 Å². The SMILES string of the molecule is O=C(OCCNc1ccc([N+](=O)[O-])cn1)c1ccc(F)c(F)c1. The van der Waals surface area contributed by atoms with Crippen LogP contribution in [0.5, 0.6) is 0 Å². The molecule has 0 amide bonds. The number of nitrogens with one attached hydrogen (secondary N) is 1. The molecule has 1 aromatic heterocycles. The molecule has 0 aliphatic heterocycles. The Hall–Kier alpha value is -3.10. The lowest BCUT2D eigenvalue weighted by molar-refractivity contribution is -0.385. The van der Waals surface area contributed by atoms with Crippen LogP contribution in [0, 0.1) is 21.7 Å². The number of hydrogen-bond acceptors (Lipinski definition) is 6. The number of nitrogens with zero attached hydrogens (tertiary/aromatic N) is 2. The van der Waals surface area contributed by atoms with E-state index >= 15 is 0 Å². The maximum absolute atomic E-state index is 13.0. The van der Waals surface area contributed by atoms with Crippen LogP contribution < -0.4 is 5.32 Å². The van der Waals surface area contributed by atoms with Crippen molar-refractivity contribution in [1.82, 2.24) is 4.98 Å². The number of pyridine rings is 1. The molecule has 0 spiro atoms. The van der Waals surface area contributed by atoms with E-state index in [1.807, 2.05) is 0 Å².